The molecule has 14 heavy (non-hydrogen) atoms. The number of aromatic nitrogens is 2. The van der Waals surface area contributed by atoms with Gasteiger partial charge >= 0.3 is 6.03 Å². The van der Waals surface area contributed by atoms with Crippen LogP contribution in [0.4, 0.5) is 10.6 Å². The first-order valence-corrected chi connectivity index (χ1v) is 4.37. The molecule has 0 aromatic carbocycles. The fourth-order valence-electron chi connectivity index (χ4n) is 1.06. The van der Waals surface area contributed by atoms with Crippen molar-refractivity contribution >= 4 is 11.8 Å². The van der Waals surface area contributed by atoms with E-state index in [1.54, 1.807) is 24.8 Å². The lowest BCUT2D eigenvalue weighted by Gasteiger charge is -2.01. The maximum atomic E-state index is 10.8. The molecule has 78 valence electrons. The number of carbonyl (C=O) groups is 1. The van der Waals surface area contributed by atoms with E-state index in [0.29, 0.717) is 18.8 Å². The molecule has 0 aliphatic heterocycles. The molecule has 0 saturated carbocycles. The Hall–Kier alpha value is -1.72. The third-order valence-corrected chi connectivity index (χ3v) is 1.86. The smallest absolute Gasteiger partial charge is 0.314 e. The van der Waals surface area contributed by atoms with Gasteiger partial charge < -0.3 is 16.4 Å². The van der Waals surface area contributed by atoms with E-state index < -0.39 is 0 Å². The number of nitrogens with two attached hydrogens (primary N) is 1. The molecule has 0 atom stereocenters. The number of nitrogens with one attached hydrogen (secondary N) is 2. The number of anilines is 1. The number of urea groups is 1. The highest BCUT2D eigenvalue weighted by Gasteiger charge is 2.02. The molecule has 0 fully saturated rings. The zero-order valence-corrected chi connectivity index (χ0v) is 8.37. The van der Waals surface area contributed by atoms with E-state index in [1.165, 1.54) is 0 Å². The Morgan fingerprint density at radius 2 is 2.43 bits per heavy atom. The summed E-state index contributed by atoms with van der Waals surface area (Å²) in [7, 11) is 3.36. The van der Waals surface area contributed by atoms with Gasteiger partial charge in [0.05, 0.1) is 5.69 Å². The number of nitrogen functional groups attached to an aromatic ring is 1. The first-order chi connectivity index (χ1) is 6.63. The molecule has 1 aromatic heterocycles. The molecule has 0 aliphatic rings. The molecule has 0 saturated heterocycles. The Balaban J connectivity index is 2.35. The van der Waals surface area contributed by atoms with Crippen LogP contribution in [-0.2, 0) is 13.5 Å². The van der Waals surface area contributed by atoms with Crippen LogP contribution in [0.2, 0.25) is 0 Å². The van der Waals surface area contributed by atoms with Crippen LogP contribution in [0.15, 0.2) is 6.07 Å². The second-order valence-electron chi connectivity index (χ2n) is 2.94. The first-order valence-electron chi connectivity index (χ1n) is 4.37. The summed E-state index contributed by atoms with van der Waals surface area (Å²) in [4.78, 5) is 10.8. The summed E-state index contributed by atoms with van der Waals surface area (Å²) in [6.45, 7) is 0.552. The minimum Gasteiger partial charge on any atom is -0.384 e. The lowest BCUT2D eigenvalue weighted by Crippen LogP contribution is -2.34. The third kappa shape index (κ3) is 2.65. The highest BCUT2D eigenvalue weighted by atomic mass is 16.2. The number of carbonyl (C=O) groups excluding carboxylic acids is 1. The quantitative estimate of drug-likeness (QED) is 0.609. The Kier molecular flexibility index (Phi) is 3.33. The van der Waals surface area contributed by atoms with Crippen molar-refractivity contribution in [3.63, 3.8) is 0 Å². The van der Waals surface area contributed by atoms with Crippen LogP contribution in [0, 0.1) is 0 Å². The second-order valence-corrected chi connectivity index (χ2v) is 2.94. The number of amides is 2. The summed E-state index contributed by atoms with van der Waals surface area (Å²) in [5.74, 6) is 0.625. The zero-order valence-electron chi connectivity index (χ0n) is 8.37. The number of hydrogen-bond acceptors (Lipinski definition) is 3. The monoisotopic (exact) mass is 197 g/mol. The maximum absolute atomic E-state index is 10.8. The fraction of sp³-hybridized carbons (Fsp3) is 0.500. The minimum absolute atomic E-state index is 0.186. The molecule has 1 aromatic rings. The molecule has 0 spiro atoms. The van der Waals surface area contributed by atoms with Gasteiger partial charge in [0, 0.05) is 33.1 Å². The van der Waals surface area contributed by atoms with Crippen molar-refractivity contribution in [2.24, 2.45) is 7.05 Å². The van der Waals surface area contributed by atoms with Crippen molar-refractivity contribution in [3.8, 4) is 0 Å². The lowest BCUT2D eigenvalue weighted by molar-refractivity contribution is 0.243. The summed E-state index contributed by atoms with van der Waals surface area (Å²) in [6.07, 6.45) is 0.679. The minimum atomic E-state index is -0.186. The molecule has 0 radical (unpaired) electrons. The van der Waals surface area contributed by atoms with E-state index in [9.17, 15) is 4.79 Å². The summed E-state index contributed by atoms with van der Waals surface area (Å²) < 4.78 is 1.61. The van der Waals surface area contributed by atoms with Gasteiger partial charge in [-0.1, -0.05) is 0 Å². The van der Waals surface area contributed by atoms with E-state index in [1.807, 2.05) is 0 Å². The average Bonchev–Trinajstić information content (AvgIpc) is 2.46. The largest absolute Gasteiger partial charge is 0.384 e. The van der Waals surface area contributed by atoms with Crippen molar-refractivity contribution in [2.45, 2.75) is 6.42 Å². The molecule has 1 rings (SSSR count). The summed E-state index contributed by atoms with van der Waals surface area (Å²) in [5, 5.41) is 9.29. The van der Waals surface area contributed by atoms with Gasteiger partial charge in [0.25, 0.3) is 0 Å². The molecular weight excluding hydrogens is 182 g/mol. The standard InChI is InChI=1S/C8H15N5O/c1-10-8(14)11-4-3-6-5-7(9)13(2)12-6/h5H,3-4,9H2,1-2H3,(H2,10,11,14). The van der Waals surface area contributed by atoms with Gasteiger partial charge in [0.2, 0.25) is 0 Å². The normalized spacial score (nSPS) is 9.86. The summed E-state index contributed by atoms with van der Waals surface area (Å²) >= 11 is 0. The third-order valence-electron chi connectivity index (χ3n) is 1.86. The Morgan fingerprint density at radius 1 is 1.71 bits per heavy atom. The number of hydrogen-bond donors (Lipinski definition) is 3. The SMILES string of the molecule is CNC(=O)NCCc1cc(N)n(C)n1. The predicted molar refractivity (Wildman–Crippen MR) is 53.8 cm³/mol. The first kappa shape index (κ1) is 10.4. The van der Waals surface area contributed by atoms with Gasteiger partial charge in [-0.05, 0) is 0 Å². The van der Waals surface area contributed by atoms with Crippen LogP contribution in [0.25, 0.3) is 0 Å². The predicted octanol–water partition coefficient (Wildman–Crippen LogP) is -0.526. The van der Waals surface area contributed by atoms with Crippen molar-refractivity contribution in [2.75, 3.05) is 19.3 Å². The van der Waals surface area contributed by atoms with Crippen molar-refractivity contribution in [1.29, 1.82) is 0 Å². The molecule has 2 amide bonds. The van der Waals surface area contributed by atoms with Crippen LogP contribution >= 0.6 is 0 Å². The van der Waals surface area contributed by atoms with E-state index in [-0.39, 0.29) is 6.03 Å². The molecule has 1 heterocycles. The Morgan fingerprint density at radius 3 is 2.93 bits per heavy atom. The second kappa shape index (κ2) is 4.50. The van der Waals surface area contributed by atoms with Gasteiger partial charge in [0.1, 0.15) is 5.82 Å². The van der Waals surface area contributed by atoms with Gasteiger partial charge in [-0.2, -0.15) is 5.10 Å². The van der Waals surface area contributed by atoms with E-state index in [2.05, 4.69) is 15.7 Å². The molecule has 6 nitrogen and oxygen atoms in total. The number of rotatable bonds is 3. The molecule has 0 aliphatic carbocycles. The highest BCUT2D eigenvalue weighted by molar-refractivity contribution is 5.73. The van der Waals surface area contributed by atoms with E-state index in [4.69, 9.17) is 5.73 Å². The molecular formula is C8H15N5O. The van der Waals surface area contributed by atoms with E-state index >= 15 is 0 Å². The average molecular weight is 197 g/mol. The number of aryl methyl sites for hydroxylation is 1. The van der Waals surface area contributed by atoms with E-state index in [0.717, 1.165) is 5.69 Å². The van der Waals surface area contributed by atoms with Gasteiger partial charge in [0.15, 0.2) is 0 Å². The Bertz CT molecular complexity index is 300. The number of nitrogens with zero attached hydrogens (tertiary/aromatic N) is 2. The van der Waals surface area contributed by atoms with Crippen LogP contribution in [-0.4, -0.2) is 29.4 Å². The van der Waals surface area contributed by atoms with Crippen LogP contribution in [0.1, 0.15) is 5.69 Å². The van der Waals surface area contributed by atoms with Gasteiger partial charge in [-0.15, -0.1) is 0 Å². The van der Waals surface area contributed by atoms with Crippen molar-refractivity contribution in [1.82, 2.24) is 20.4 Å². The van der Waals surface area contributed by atoms with Gasteiger partial charge in [-0.3, -0.25) is 4.68 Å². The van der Waals surface area contributed by atoms with Gasteiger partial charge in [-0.25, -0.2) is 4.79 Å². The summed E-state index contributed by atoms with van der Waals surface area (Å²) in [5.41, 5.74) is 6.48. The lowest BCUT2D eigenvalue weighted by atomic mass is 10.3. The van der Waals surface area contributed by atoms with Crippen LogP contribution < -0.4 is 16.4 Å². The molecule has 6 heteroatoms. The van der Waals surface area contributed by atoms with Crippen LogP contribution in [0.5, 0.6) is 0 Å². The highest BCUT2D eigenvalue weighted by Crippen LogP contribution is 2.03. The maximum Gasteiger partial charge on any atom is 0.314 e. The van der Waals surface area contributed by atoms with Crippen molar-refractivity contribution < 1.29 is 4.79 Å². The zero-order chi connectivity index (χ0) is 10.6. The molecule has 4 N–H and O–H groups in total. The summed E-state index contributed by atoms with van der Waals surface area (Å²) in [6, 6.07) is 1.61. The van der Waals surface area contributed by atoms with Crippen molar-refractivity contribution in [3.05, 3.63) is 11.8 Å². The topological polar surface area (TPSA) is 85.0 Å². The molecule has 0 unspecified atom stereocenters. The fourth-order valence-corrected chi connectivity index (χ4v) is 1.06. The Labute approximate surface area is 82.5 Å². The van der Waals surface area contributed by atoms with Crippen LogP contribution in [0.3, 0.4) is 0 Å². The molecule has 0 bridgehead atoms.